The summed E-state index contributed by atoms with van der Waals surface area (Å²) in [6, 6.07) is 18.2. The molecule has 4 aromatic rings. The lowest BCUT2D eigenvalue weighted by Gasteiger charge is -2.17. The normalized spacial score (nSPS) is 15.7. The summed E-state index contributed by atoms with van der Waals surface area (Å²) in [4.78, 5) is 22.0. The maximum absolute atomic E-state index is 13.6. The van der Waals surface area contributed by atoms with Crippen LogP contribution in [0.3, 0.4) is 0 Å². The van der Waals surface area contributed by atoms with Crippen molar-refractivity contribution in [2.75, 3.05) is 36.4 Å². The maximum Gasteiger partial charge on any atom is 0.263 e. The summed E-state index contributed by atoms with van der Waals surface area (Å²) >= 11 is 0. The van der Waals surface area contributed by atoms with Gasteiger partial charge in [-0.05, 0) is 48.9 Å². The van der Waals surface area contributed by atoms with Crippen molar-refractivity contribution in [1.29, 1.82) is 0 Å². The number of hydrogen-bond donors (Lipinski definition) is 3. The number of para-hydroxylation sites is 2. The molecule has 1 aliphatic heterocycles. The minimum atomic E-state index is -4.17. The second-order valence-corrected chi connectivity index (χ2v) is 11.3. The second-order valence-electron chi connectivity index (χ2n) is 9.61. The summed E-state index contributed by atoms with van der Waals surface area (Å²) in [5, 5.41) is 5.92. The van der Waals surface area contributed by atoms with Gasteiger partial charge in [-0.25, -0.2) is 18.4 Å². The van der Waals surface area contributed by atoms with Crippen LogP contribution in [0, 0.1) is 5.92 Å². The van der Waals surface area contributed by atoms with Crippen LogP contribution >= 0.6 is 0 Å². The minimum absolute atomic E-state index is 0.0230. The van der Waals surface area contributed by atoms with Crippen LogP contribution in [-0.2, 0) is 24.3 Å². The molecule has 1 aromatic heterocycles. The van der Waals surface area contributed by atoms with Gasteiger partial charge < -0.3 is 29.6 Å². The summed E-state index contributed by atoms with van der Waals surface area (Å²) in [5.41, 5.74) is 1.91. The van der Waals surface area contributed by atoms with Gasteiger partial charge in [0.2, 0.25) is 12.7 Å². The van der Waals surface area contributed by atoms with Gasteiger partial charge in [-0.1, -0.05) is 18.2 Å². The number of benzene rings is 3. The van der Waals surface area contributed by atoms with Crippen molar-refractivity contribution in [2.45, 2.75) is 11.3 Å². The fourth-order valence-corrected chi connectivity index (χ4v) is 5.65. The average molecular weight is 602 g/mol. The van der Waals surface area contributed by atoms with Crippen LogP contribution in [0.5, 0.6) is 11.5 Å². The van der Waals surface area contributed by atoms with E-state index in [2.05, 4.69) is 25.3 Å². The number of fused-ring (bicyclic) bond motifs is 2. The number of sulfonamides is 1. The van der Waals surface area contributed by atoms with E-state index in [1.54, 1.807) is 60.7 Å². The van der Waals surface area contributed by atoms with Crippen LogP contribution in [0.4, 0.5) is 23.0 Å². The van der Waals surface area contributed by atoms with E-state index < -0.39 is 15.9 Å². The highest BCUT2D eigenvalue weighted by Crippen LogP contribution is 2.32. The number of ether oxygens (including phenoxy) is 4. The van der Waals surface area contributed by atoms with E-state index in [-0.39, 0.29) is 29.2 Å². The zero-order valence-electron chi connectivity index (χ0n) is 23.2. The molecule has 0 bridgehead atoms. The van der Waals surface area contributed by atoms with Crippen LogP contribution in [0.1, 0.15) is 6.42 Å². The van der Waals surface area contributed by atoms with Crippen LogP contribution in [0.15, 0.2) is 95.3 Å². The molecule has 3 N–H and O–H groups in total. The molecule has 0 saturated carbocycles. The van der Waals surface area contributed by atoms with Crippen molar-refractivity contribution in [3.05, 3.63) is 90.4 Å². The molecule has 12 nitrogen and oxygen atoms in total. The molecule has 1 amide bonds. The number of amides is 1. The number of hydrogen-bond acceptors (Lipinski definition) is 10. The molecule has 6 rings (SSSR count). The van der Waals surface area contributed by atoms with Crippen LogP contribution < -0.4 is 24.8 Å². The lowest BCUT2D eigenvalue weighted by Crippen LogP contribution is -2.23. The summed E-state index contributed by atoms with van der Waals surface area (Å²) in [5.74, 6) is 1.56. The summed E-state index contributed by atoms with van der Waals surface area (Å²) in [6.07, 6.45) is 3.93. The predicted octanol–water partition coefficient (Wildman–Crippen LogP) is 4.92. The molecular formula is C30H27N5O7S. The first kappa shape index (κ1) is 27.8. The van der Waals surface area contributed by atoms with Gasteiger partial charge in [-0.3, -0.25) is 9.52 Å². The second kappa shape index (κ2) is 11.5. The van der Waals surface area contributed by atoms with Crippen molar-refractivity contribution in [3.8, 4) is 11.5 Å². The van der Waals surface area contributed by atoms with Crippen molar-refractivity contribution in [1.82, 2.24) is 9.97 Å². The van der Waals surface area contributed by atoms with E-state index in [1.165, 1.54) is 26.4 Å². The first-order valence-corrected chi connectivity index (χ1v) is 14.7. The summed E-state index contributed by atoms with van der Waals surface area (Å²) < 4.78 is 51.2. The quantitative estimate of drug-likeness (QED) is 0.241. The molecule has 1 unspecified atom stereocenters. The zero-order valence-corrected chi connectivity index (χ0v) is 24.0. The van der Waals surface area contributed by atoms with Crippen LogP contribution in [0.2, 0.25) is 0 Å². The SMILES string of the molecule is COc1cc(Nc2nc3ccccc3nc2NS(=O)(=O)c2cccc(NC(=O)C3C=C4OCOC4=CC3)c2)cc(OC)c1. The van der Waals surface area contributed by atoms with E-state index >= 15 is 0 Å². The summed E-state index contributed by atoms with van der Waals surface area (Å²) in [6.45, 7) is 0.117. The minimum Gasteiger partial charge on any atom is -0.497 e. The fraction of sp³-hybridized carbons (Fsp3) is 0.167. The summed E-state index contributed by atoms with van der Waals surface area (Å²) in [7, 11) is -1.11. The van der Waals surface area contributed by atoms with Gasteiger partial charge in [0.15, 0.2) is 23.2 Å². The maximum atomic E-state index is 13.6. The number of methoxy groups -OCH3 is 2. The van der Waals surface area contributed by atoms with Gasteiger partial charge in [0, 0.05) is 29.6 Å². The molecule has 220 valence electrons. The lowest BCUT2D eigenvalue weighted by atomic mass is 9.98. The number of carbonyl (C=O) groups is 1. The Kier molecular flexibility index (Phi) is 7.47. The zero-order chi connectivity index (χ0) is 30.0. The van der Waals surface area contributed by atoms with E-state index in [1.807, 2.05) is 6.07 Å². The molecule has 1 aliphatic carbocycles. The Labute approximate surface area is 247 Å². The van der Waals surface area contributed by atoms with Crippen molar-refractivity contribution < 1.29 is 32.2 Å². The molecular weight excluding hydrogens is 574 g/mol. The molecule has 13 heteroatoms. The van der Waals surface area contributed by atoms with E-state index in [9.17, 15) is 13.2 Å². The molecule has 43 heavy (non-hydrogen) atoms. The Morgan fingerprint density at radius 2 is 1.56 bits per heavy atom. The number of aromatic nitrogens is 2. The highest BCUT2D eigenvalue weighted by Gasteiger charge is 2.27. The van der Waals surface area contributed by atoms with Gasteiger partial charge >= 0.3 is 0 Å². The monoisotopic (exact) mass is 601 g/mol. The van der Waals surface area contributed by atoms with E-state index in [0.717, 1.165) is 0 Å². The molecule has 1 fully saturated rings. The van der Waals surface area contributed by atoms with Crippen molar-refractivity contribution >= 4 is 50.0 Å². The number of anilines is 4. The number of nitrogens with one attached hydrogen (secondary N) is 3. The van der Waals surface area contributed by atoms with Crippen LogP contribution in [-0.4, -0.2) is 45.3 Å². The number of allylic oxidation sites excluding steroid dienone is 1. The molecule has 0 spiro atoms. The first-order chi connectivity index (χ1) is 20.8. The van der Waals surface area contributed by atoms with Gasteiger partial charge in [-0.15, -0.1) is 0 Å². The Bertz CT molecular complexity index is 1870. The average Bonchev–Trinajstić information content (AvgIpc) is 3.49. The topological polar surface area (TPSA) is 150 Å². The first-order valence-electron chi connectivity index (χ1n) is 13.2. The van der Waals surface area contributed by atoms with Crippen LogP contribution in [0.25, 0.3) is 11.0 Å². The third kappa shape index (κ3) is 6.02. The van der Waals surface area contributed by atoms with Gasteiger partial charge in [0.1, 0.15) is 11.5 Å². The molecule has 0 radical (unpaired) electrons. The largest absolute Gasteiger partial charge is 0.497 e. The van der Waals surface area contributed by atoms with Crippen molar-refractivity contribution in [2.24, 2.45) is 5.92 Å². The molecule has 2 aliphatic rings. The lowest BCUT2D eigenvalue weighted by molar-refractivity contribution is -0.118. The van der Waals surface area contributed by atoms with Gasteiger partial charge in [-0.2, -0.15) is 0 Å². The third-order valence-electron chi connectivity index (χ3n) is 6.75. The Balaban J connectivity index is 1.27. The van der Waals surface area contributed by atoms with Gasteiger partial charge in [0.25, 0.3) is 10.0 Å². The fourth-order valence-electron chi connectivity index (χ4n) is 4.59. The molecule has 1 saturated heterocycles. The highest BCUT2D eigenvalue weighted by molar-refractivity contribution is 7.92. The standard InChI is InChI=1S/C30H27N5O7S/c1-39-21-13-20(14-22(16-21)40-2)31-28-29(34-25-9-4-3-8-24(25)33-28)35-43(37,38)23-7-5-6-19(15-23)32-30(36)18-10-11-26-27(12-18)42-17-41-26/h3-9,11-16,18H,10,17H2,1-2H3,(H,31,33)(H,32,36)(H,34,35). The smallest absolute Gasteiger partial charge is 0.263 e. The molecule has 1 atom stereocenters. The van der Waals surface area contributed by atoms with E-state index in [4.69, 9.17) is 18.9 Å². The van der Waals surface area contributed by atoms with E-state index in [0.29, 0.717) is 51.8 Å². The number of carbonyl (C=O) groups excluding carboxylic acids is 1. The number of nitrogens with zero attached hydrogens (tertiary/aromatic N) is 2. The third-order valence-corrected chi connectivity index (χ3v) is 8.08. The Morgan fingerprint density at radius 3 is 2.28 bits per heavy atom. The Morgan fingerprint density at radius 1 is 0.860 bits per heavy atom. The number of rotatable bonds is 9. The Hall–Kier alpha value is -5.30. The van der Waals surface area contributed by atoms with Crippen molar-refractivity contribution in [3.63, 3.8) is 0 Å². The molecule has 2 heterocycles. The highest BCUT2D eigenvalue weighted by atomic mass is 32.2. The molecule has 3 aromatic carbocycles. The predicted molar refractivity (Wildman–Crippen MR) is 160 cm³/mol. The van der Waals surface area contributed by atoms with Gasteiger partial charge in [0.05, 0.1) is 36.1 Å².